The molecular formula is C16H29NO6. The van der Waals surface area contributed by atoms with Crippen LogP contribution in [0.3, 0.4) is 0 Å². The van der Waals surface area contributed by atoms with Crippen molar-refractivity contribution in [2.75, 3.05) is 0 Å². The maximum absolute atomic E-state index is 11.9. The number of carbonyl (C=O) groups is 3. The molecule has 1 amide bonds. The number of esters is 2. The van der Waals surface area contributed by atoms with Crippen LogP contribution >= 0.6 is 0 Å². The van der Waals surface area contributed by atoms with Crippen molar-refractivity contribution in [1.29, 1.82) is 0 Å². The standard InChI is InChI=1S/C16H29NO6/c1-10(11(18)21-12(19)14(2,3)4)22-16(8,9)17-13(20)23-15(5,6)7/h10H,1-9H3,(H,17,20). The Bertz CT molecular complexity index is 456. The monoisotopic (exact) mass is 331 g/mol. The first-order chi connectivity index (χ1) is 10.0. The quantitative estimate of drug-likeness (QED) is 0.484. The normalized spacial score (nSPS) is 14.0. The van der Waals surface area contributed by atoms with Gasteiger partial charge in [0.15, 0.2) is 6.10 Å². The number of nitrogens with one attached hydrogen (secondary N) is 1. The molecule has 1 atom stereocenters. The Morgan fingerprint density at radius 3 is 1.78 bits per heavy atom. The van der Waals surface area contributed by atoms with Gasteiger partial charge in [0.1, 0.15) is 11.3 Å². The van der Waals surface area contributed by atoms with Crippen LogP contribution in [0.5, 0.6) is 0 Å². The largest absolute Gasteiger partial charge is 0.444 e. The smallest absolute Gasteiger partial charge is 0.409 e. The summed E-state index contributed by atoms with van der Waals surface area (Å²) >= 11 is 0. The number of amides is 1. The van der Waals surface area contributed by atoms with Crippen LogP contribution in [0.25, 0.3) is 0 Å². The van der Waals surface area contributed by atoms with E-state index in [0.29, 0.717) is 0 Å². The topological polar surface area (TPSA) is 90.9 Å². The summed E-state index contributed by atoms with van der Waals surface area (Å²) in [5.41, 5.74) is -2.62. The molecule has 1 N–H and O–H groups in total. The van der Waals surface area contributed by atoms with Gasteiger partial charge in [-0.05, 0) is 62.3 Å². The maximum atomic E-state index is 11.9. The van der Waals surface area contributed by atoms with Gasteiger partial charge in [0, 0.05) is 0 Å². The molecule has 0 saturated carbocycles. The zero-order valence-electron chi connectivity index (χ0n) is 15.5. The SMILES string of the molecule is CC(OC(C)(C)NC(=O)OC(C)(C)C)C(=O)OC(=O)C(C)(C)C. The minimum atomic E-state index is -1.18. The Morgan fingerprint density at radius 2 is 1.39 bits per heavy atom. The first-order valence-corrected chi connectivity index (χ1v) is 7.48. The van der Waals surface area contributed by atoms with Crippen LogP contribution < -0.4 is 5.32 Å². The summed E-state index contributed by atoms with van der Waals surface area (Å²) in [4.78, 5) is 35.3. The summed E-state index contributed by atoms with van der Waals surface area (Å²) in [5.74, 6) is -1.46. The number of hydrogen-bond donors (Lipinski definition) is 1. The molecule has 0 fully saturated rings. The molecule has 1 unspecified atom stereocenters. The van der Waals surface area contributed by atoms with Gasteiger partial charge in [0.2, 0.25) is 0 Å². The lowest BCUT2D eigenvalue weighted by Gasteiger charge is -2.30. The van der Waals surface area contributed by atoms with Crippen LogP contribution in [0.15, 0.2) is 0 Å². The molecule has 0 saturated heterocycles. The minimum Gasteiger partial charge on any atom is -0.444 e. The highest BCUT2D eigenvalue weighted by molar-refractivity contribution is 5.90. The predicted octanol–water partition coefficient (Wildman–Crippen LogP) is 2.77. The van der Waals surface area contributed by atoms with Crippen molar-refractivity contribution in [2.45, 2.75) is 79.7 Å². The van der Waals surface area contributed by atoms with Gasteiger partial charge in [0.05, 0.1) is 5.41 Å². The summed E-state index contributed by atoms with van der Waals surface area (Å²) in [6.07, 6.45) is -1.71. The Balaban J connectivity index is 4.62. The summed E-state index contributed by atoms with van der Waals surface area (Å²) in [6, 6.07) is 0. The second kappa shape index (κ2) is 7.29. The first-order valence-electron chi connectivity index (χ1n) is 7.48. The van der Waals surface area contributed by atoms with Gasteiger partial charge in [-0.3, -0.25) is 10.1 Å². The number of hydrogen-bond acceptors (Lipinski definition) is 6. The maximum Gasteiger partial charge on any atom is 0.409 e. The summed E-state index contributed by atoms with van der Waals surface area (Å²) < 4.78 is 15.3. The van der Waals surface area contributed by atoms with Gasteiger partial charge in [0.25, 0.3) is 0 Å². The van der Waals surface area contributed by atoms with E-state index >= 15 is 0 Å². The fraction of sp³-hybridized carbons (Fsp3) is 0.812. The number of alkyl carbamates (subject to hydrolysis) is 1. The number of ether oxygens (including phenoxy) is 3. The Labute approximate surface area is 138 Å². The zero-order chi connectivity index (χ0) is 18.6. The second-order valence-corrected chi connectivity index (χ2v) is 7.86. The van der Waals surface area contributed by atoms with Crippen LogP contribution in [0.1, 0.15) is 62.3 Å². The third-order valence-electron chi connectivity index (χ3n) is 2.41. The average molecular weight is 331 g/mol. The van der Waals surface area contributed by atoms with E-state index < -0.39 is 40.9 Å². The lowest BCUT2D eigenvalue weighted by Crippen LogP contribution is -2.50. The van der Waals surface area contributed by atoms with Gasteiger partial charge >= 0.3 is 18.0 Å². The van der Waals surface area contributed by atoms with E-state index in [1.807, 2.05) is 0 Å². The fourth-order valence-corrected chi connectivity index (χ4v) is 1.40. The molecule has 7 nitrogen and oxygen atoms in total. The minimum absolute atomic E-state index is 0.643. The van der Waals surface area contributed by atoms with Gasteiger partial charge in [-0.15, -0.1) is 0 Å². The van der Waals surface area contributed by atoms with Crippen molar-refractivity contribution >= 4 is 18.0 Å². The number of carbonyl (C=O) groups excluding carboxylic acids is 3. The van der Waals surface area contributed by atoms with Crippen molar-refractivity contribution in [2.24, 2.45) is 5.41 Å². The molecule has 0 aromatic carbocycles. The molecule has 23 heavy (non-hydrogen) atoms. The third-order valence-corrected chi connectivity index (χ3v) is 2.41. The van der Waals surface area contributed by atoms with E-state index in [-0.39, 0.29) is 0 Å². The van der Waals surface area contributed by atoms with Crippen LogP contribution in [0.2, 0.25) is 0 Å². The van der Waals surface area contributed by atoms with Crippen molar-refractivity contribution in [3.05, 3.63) is 0 Å². The second-order valence-electron chi connectivity index (χ2n) is 7.86. The van der Waals surface area contributed by atoms with E-state index in [1.54, 1.807) is 55.4 Å². The van der Waals surface area contributed by atoms with Crippen molar-refractivity contribution in [1.82, 2.24) is 5.32 Å². The van der Waals surface area contributed by atoms with E-state index in [1.165, 1.54) is 6.92 Å². The first kappa shape index (κ1) is 21.4. The molecule has 0 radical (unpaired) electrons. The molecule has 0 heterocycles. The molecule has 7 heteroatoms. The highest BCUT2D eigenvalue weighted by Crippen LogP contribution is 2.17. The lowest BCUT2D eigenvalue weighted by atomic mass is 9.97. The van der Waals surface area contributed by atoms with Crippen LogP contribution in [-0.2, 0) is 23.8 Å². The Morgan fingerprint density at radius 1 is 0.913 bits per heavy atom. The van der Waals surface area contributed by atoms with Gasteiger partial charge in [-0.25, -0.2) is 9.59 Å². The Kier molecular flexibility index (Phi) is 6.78. The highest BCUT2D eigenvalue weighted by Gasteiger charge is 2.32. The summed E-state index contributed by atoms with van der Waals surface area (Å²) in [6.45, 7) is 14.7. The molecule has 0 bridgehead atoms. The lowest BCUT2D eigenvalue weighted by molar-refractivity contribution is -0.179. The third kappa shape index (κ3) is 9.18. The highest BCUT2D eigenvalue weighted by atomic mass is 16.6. The van der Waals surface area contributed by atoms with E-state index in [9.17, 15) is 14.4 Å². The molecular weight excluding hydrogens is 302 g/mol. The fourth-order valence-electron chi connectivity index (χ4n) is 1.40. The Hall–Kier alpha value is -1.63. The van der Waals surface area contributed by atoms with Gasteiger partial charge < -0.3 is 14.2 Å². The van der Waals surface area contributed by atoms with Crippen LogP contribution in [0.4, 0.5) is 4.79 Å². The zero-order valence-corrected chi connectivity index (χ0v) is 15.5. The van der Waals surface area contributed by atoms with E-state index in [4.69, 9.17) is 14.2 Å². The van der Waals surface area contributed by atoms with Gasteiger partial charge in [-0.1, -0.05) is 0 Å². The molecule has 0 rings (SSSR count). The molecule has 0 spiro atoms. The number of rotatable bonds is 4. The van der Waals surface area contributed by atoms with Crippen LogP contribution in [-0.4, -0.2) is 35.5 Å². The molecule has 0 aromatic heterocycles. The van der Waals surface area contributed by atoms with Crippen molar-refractivity contribution in [3.63, 3.8) is 0 Å². The van der Waals surface area contributed by atoms with Gasteiger partial charge in [-0.2, -0.15) is 0 Å². The molecule has 0 aliphatic rings. The molecule has 134 valence electrons. The van der Waals surface area contributed by atoms with E-state index in [2.05, 4.69) is 5.32 Å². The summed E-state index contributed by atoms with van der Waals surface area (Å²) in [7, 11) is 0. The molecule has 0 aliphatic carbocycles. The predicted molar refractivity (Wildman–Crippen MR) is 84.5 cm³/mol. The average Bonchev–Trinajstić information content (AvgIpc) is 2.22. The molecule has 0 aliphatic heterocycles. The summed E-state index contributed by atoms with van der Waals surface area (Å²) in [5, 5.41) is 2.51. The van der Waals surface area contributed by atoms with Crippen LogP contribution in [0, 0.1) is 5.41 Å². The van der Waals surface area contributed by atoms with Crippen molar-refractivity contribution < 1.29 is 28.6 Å². The van der Waals surface area contributed by atoms with Crippen molar-refractivity contribution in [3.8, 4) is 0 Å². The van der Waals surface area contributed by atoms with E-state index in [0.717, 1.165) is 0 Å². The molecule has 0 aromatic rings.